The Labute approximate surface area is 199 Å². The Kier molecular flexibility index (Phi) is 6.57. The quantitative estimate of drug-likeness (QED) is 0.477. The Morgan fingerprint density at radius 1 is 1.06 bits per heavy atom. The van der Waals surface area contributed by atoms with Crippen molar-refractivity contribution in [3.05, 3.63) is 69.0 Å². The summed E-state index contributed by atoms with van der Waals surface area (Å²) < 4.78 is 39.6. The molecule has 10 heteroatoms. The van der Waals surface area contributed by atoms with Crippen molar-refractivity contribution >= 4 is 48.8 Å². The summed E-state index contributed by atoms with van der Waals surface area (Å²) in [7, 11) is -0.507. The van der Waals surface area contributed by atoms with Gasteiger partial charge in [-0.25, -0.2) is 8.42 Å². The zero-order valence-corrected chi connectivity index (χ0v) is 20.6. The number of ether oxygens (including phenoxy) is 2. The van der Waals surface area contributed by atoms with Gasteiger partial charge >= 0.3 is 0 Å². The standard InChI is InChI=1S/C22H21BrN2O5S2/c1-29-17-5-3-14(20(10-17)30-2)11-25-12-15-9-16(4-6-18(15)19(26)13-25)24-32(27,28)22-8-7-21(23)31-22/h3-10,24H,11-13H2,1-2H3. The van der Waals surface area contributed by atoms with Gasteiger partial charge in [0.2, 0.25) is 0 Å². The first-order valence-electron chi connectivity index (χ1n) is 9.66. The first kappa shape index (κ1) is 22.8. The third kappa shape index (κ3) is 4.83. The number of hydrogen-bond donors (Lipinski definition) is 1. The molecule has 0 unspecified atom stereocenters. The lowest BCUT2D eigenvalue weighted by molar-refractivity contribution is 0.0893. The van der Waals surface area contributed by atoms with Gasteiger partial charge in [-0.3, -0.25) is 14.4 Å². The third-order valence-electron chi connectivity index (χ3n) is 5.12. The van der Waals surface area contributed by atoms with E-state index in [1.807, 2.05) is 23.1 Å². The van der Waals surface area contributed by atoms with Crippen molar-refractivity contribution < 1.29 is 22.7 Å². The molecule has 168 valence electrons. The highest BCUT2D eigenvalue weighted by Crippen LogP contribution is 2.31. The second kappa shape index (κ2) is 9.22. The number of Topliss-reactive ketones (excluding diaryl/α,β-unsaturated/α-hetero) is 1. The van der Waals surface area contributed by atoms with Gasteiger partial charge in [0.1, 0.15) is 15.7 Å². The van der Waals surface area contributed by atoms with Crippen molar-refractivity contribution in [3.63, 3.8) is 0 Å². The fourth-order valence-corrected chi connectivity index (χ4v) is 6.69. The fraction of sp³-hybridized carbons (Fsp3) is 0.227. The number of nitrogens with one attached hydrogen (secondary N) is 1. The number of carbonyl (C=O) groups is 1. The molecule has 2 heterocycles. The molecule has 7 nitrogen and oxygen atoms in total. The average Bonchev–Trinajstić information content (AvgIpc) is 3.21. The van der Waals surface area contributed by atoms with Gasteiger partial charge in [0.25, 0.3) is 10.0 Å². The van der Waals surface area contributed by atoms with E-state index in [-0.39, 0.29) is 16.5 Å². The summed E-state index contributed by atoms with van der Waals surface area (Å²) in [6.07, 6.45) is 0. The van der Waals surface area contributed by atoms with E-state index in [0.717, 1.165) is 26.3 Å². The van der Waals surface area contributed by atoms with Crippen LogP contribution >= 0.6 is 27.3 Å². The first-order chi connectivity index (χ1) is 15.3. The molecule has 1 aliphatic rings. The Hall–Kier alpha value is -2.40. The lowest BCUT2D eigenvalue weighted by Gasteiger charge is -2.28. The number of nitrogens with zero attached hydrogens (tertiary/aromatic N) is 1. The maximum absolute atomic E-state index is 12.7. The van der Waals surface area contributed by atoms with Crippen LogP contribution < -0.4 is 14.2 Å². The number of sulfonamides is 1. The van der Waals surface area contributed by atoms with E-state index >= 15 is 0 Å². The summed E-state index contributed by atoms with van der Waals surface area (Å²) in [6.45, 7) is 1.30. The van der Waals surface area contributed by atoms with Gasteiger partial charge in [-0.05, 0) is 57.9 Å². The van der Waals surface area contributed by atoms with Crippen molar-refractivity contribution in [3.8, 4) is 11.5 Å². The number of rotatable bonds is 7. The highest BCUT2D eigenvalue weighted by Gasteiger charge is 2.25. The van der Waals surface area contributed by atoms with Crippen LogP contribution in [0, 0.1) is 0 Å². The number of carbonyl (C=O) groups excluding carboxylic acids is 1. The van der Waals surface area contributed by atoms with Crippen LogP contribution in [0.3, 0.4) is 0 Å². The van der Waals surface area contributed by atoms with E-state index in [1.165, 1.54) is 0 Å². The predicted molar refractivity (Wildman–Crippen MR) is 127 cm³/mol. The van der Waals surface area contributed by atoms with Crippen LogP contribution in [-0.2, 0) is 23.1 Å². The minimum Gasteiger partial charge on any atom is -0.497 e. The molecule has 4 rings (SSSR count). The Balaban J connectivity index is 1.55. The van der Waals surface area contributed by atoms with Crippen LogP contribution in [0.5, 0.6) is 11.5 Å². The molecule has 1 aromatic heterocycles. The number of ketones is 1. The van der Waals surface area contributed by atoms with Gasteiger partial charge in [-0.2, -0.15) is 0 Å². The Morgan fingerprint density at radius 2 is 1.88 bits per heavy atom. The number of benzene rings is 2. The molecule has 0 radical (unpaired) electrons. The summed E-state index contributed by atoms with van der Waals surface area (Å²) in [5.74, 6) is 1.38. The predicted octanol–water partition coefficient (Wildman–Crippen LogP) is 4.53. The van der Waals surface area contributed by atoms with E-state index in [0.29, 0.717) is 35.8 Å². The van der Waals surface area contributed by atoms with Crippen LogP contribution in [0.2, 0.25) is 0 Å². The zero-order valence-electron chi connectivity index (χ0n) is 17.4. The second-order valence-corrected chi connectivity index (χ2v) is 11.7. The largest absolute Gasteiger partial charge is 0.497 e. The van der Waals surface area contributed by atoms with Crippen molar-refractivity contribution in [2.45, 2.75) is 17.3 Å². The molecule has 0 spiro atoms. The summed E-state index contributed by atoms with van der Waals surface area (Å²) in [5, 5.41) is 0. The molecule has 0 aliphatic carbocycles. The van der Waals surface area contributed by atoms with Gasteiger partial charge < -0.3 is 9.47 Å². The maximum atomic E-state index is 12.7. The molecule has 0 saturated heterocycles. The molecule has 0 saturated carbocycles. The lowest BCUT2D eigenvalue weighted by atomic mass is 9.97. The molecule has 3 aromatic rings. The minimum absolute atomic E-state index is 0.00433. The van der Waals surface area contributed by atoms with Crippen LogP contribution in [0.4, 0.5) is 5.69 Å². The van der Waals surface area contributed by atoms with Crippen LogP contribution in [0.15, 0.2) is 56.5 Å². The topological polar surface area (TPSA) is 84.9 Å². The second-order valence-electron chi connectivity index (χ2n) is 7.28. The highest BCUT2D eigenvalue weighted by atomic mass is 79.9. The minimum atomic E-state index is -3.70. The number of fused-ring (bicyclic) bond motifs is 1. The van der Waals surface area contributed by atoms with Crippen LogP contribution in [0.25, 0.3) is 0 Å². The molecule has 0 amide bonds. The fourth-order valence-electron chi connectivity index (χ4n) is 3.63. The van der Waals surface area contributed by atoms with Gasteiger partial charge in [-0.1, -0.05) is 6.07 Å². The Morgan fingerprint density at radius 3 is 2.56 bits per heavy atom. The molecule has 1 N–H and O–H groups in total. The summed E-state index contributed by atoms with van der Waals surface area (Å²) >= 11 is 4.42. The zero-order chi connectivity index (χ0) is 22.9. The van der Waals surface area contributed by atoms with E-state index in [2.05, 4.69) is 20.7 Å². The highest BCUT2D eigenvalue weighted by molar-refractivity contribution is 9.11. The van der Waals surface area contributed by atoms with Gasteiger partial charge in [0.15, 0.2) is 5.78 Å². The van der Waals surface area contributed by atoms with Crippen molar-refractivity contribution in [1.82, 2.24) is 4.90 Å². The number of hydrogen-bond acceptors (Lipinski definition) is 7. The number of anilines is 1. The van der Waals surface area contributed by atoms with Crippen molar-refractivity contribution in [2.75, 3.05) is 25.5 Å². The molecular weight excluding hydrogens is 516 g/mol. The van der Waals surface area contributed by atoms with E-state index in [1.54, 1.807) is 44.6 Å². The Bertz CT molecular complexity index is 1270. The van der Waals surface area contributed by atoms with Gasteiger partial charge in [-0.15, -0.1) is 11.3 Å². The molecule has 0 bridgehead atoms. The normalized spacial score (nSPS) is 14.2. The first-order valence-corrected chi connectivity index (χ1v) is 12.8. The van der Waals surface area contributed by atoms with Crippen molar-refractivity contribution in [2.24, 2.45) is 0 Å². The molecular formula is C22H21BrN2O5S2. The number of halogens is 1. The smallest absolute Gasteiger partial charge is 0.271 e. The van der Waals surface area contributed by atoms with E-state index in [9.17, 15) is 13.2 Å². The van der Waals surface area contributed by atoms with Gasteiger partial charge in [0.05, 0.1) is 24.6 Å². The summed E-state index contributed by atoms with van der Waals surface area (Å²) in [4.78, 5) is 14.7. The maximum Gasteiger partial charge on any atom is 0.271 e. The summed E-state index contributed by atoms with van der Waals surface area (Å²) in [6, 6.07) is 13.9. The molecule has 1 aliphatic heterocycles. The van der Waals surface area contributed by atoms with E-state index < -0.39 is 10.0 Å². The molecule has 32 heavy (non-hydrogen) atoms. The van der Waals surface area contributed by atoms with Crippen molar-refractivity contribution in [1.29, 1.82) is 0 Å². The monoisotopic (exact) mass is 536 g/mol. The molecule has 2 aromatic carbocycles. The van der Waals surface area contributed by atoms with Crippen LogP contribution in [0.1, 0.15) is 21.5 Å². The van der Waals surface area contributed by atoms with Crippen LogP contribution in [-0.4, -0.2) is 39.9 Å². The SMILES string of the molecule is COc1ccc(CN2CC(=O)c3ccc(NS(=O)(=O)c4ccc(Br)s4)cc3C2)c(OC)c1. The summed E-state index contributed by atoms with van der Waals surface area (Å²) in [5.41, 5.74) is 2.75. The lowest BCUT2D eigenvalue weighted by Crippen LogP contribution is -2.34. The molecule has 0 fully saturated rings. The van der Waals surface area contributed by atoms with Gasteiger partial charge in [0, 0.05) is 36.0 Å². The molecule has 0 atom stereocenters. The van der Waals surface area contributed by atoms with E-state index in [4.69, 9.17) is 9.47 Å². The average molecular weight is 537 g/mol. The number of methoxy groups -OCH3 is 2. The number of thiophene rings is 1. The third-order valence-corrected chi connectivity index (χ3v) is 8.62.